The van der Waals surface area contributed by atoms with E-state index in [4.69, 9.17) is 15.2 Å². The molecule has 0 aliphatic heterocycles. The average molecular weight is 419 g/mol. The molecule has 1 aromatic carbocycles. The van der Waals surface area contributed by atoms with E-state index in [9.17, 15) is 0 Å². The summed E-state index contributed by atoms with van der Waals surface area (Å²) in [5.74, 6) is 0. The normalized spacial score (nSPS) is 10.9. The third kappa shape index (κ3) is 2.71. The molecule has 0 aliphatic carbocycles. The molecule has 0 unspecified atom stereocenters. The molecule has 0 aromatic heterocycles. The van der Waals surface area contributed by atoms with Gasteiger partial charge < -0.3 is 15.2 Å². The van der Waals surface area contributed by atoms with Crippen molar-refractivity contribution >= 4 is 50.9 Å². The summed E-state index contributed by atoms with van der Waals surface area (Å²) in [5.41, 5.74) is 7.63. The summed E-state index contributed by atoms with van der Waals surface area (Å²) in [6.07, 6.45) is -0.322. The van der Waals surface area contributed by atoms with Crippen LogP contribution in [-0.2, 0) is 9.47 Å². The first-order valence-corrected chi connectivity index (χ1v) is 6.06. The summed E-state index contributed by atoms with van der Waals surface area (Å²) in [6, 6.07) is 3.94. The van der Waals surface area contributed by atoms with Gasteiger partial charge in [-0.1, -0.05) is 0 Å². The Balaban J connectivity index is 3.11. The second kappa shape index (κ2) is 5.47. The Morgan fingerprint density at radius 3 is 1.93 bits per heavy atom. The Labute approximate surface area is 111 Å². The Kier molecular flexibility index (Phi) is 4.88. The molecule has 0 aliphatic rings. The van der Waals surface area contributed by atoms with Gasteiger partial charge in [0.15, 0.2) is 6.29 Å². The Hall–Kier alpha value is 0.400. The van der Waals surface area contributed by atoms with Crippen LogP contribution in [0.15, 0.2) is 12.1 Å². The highest BCUT2D eigenvalue weighted by Crippen LogP contribution is 2.27. The van der Waals surface area contributed by atoms with Crippen LogP contribution < -0.4 is 5.73 Å². The number of halogens is 2. The van der Waals surface area contributed by atoms with Crippen LogP contribution in [-0.4, -0.2) is 14.2 Å². The lowest BCUT2D eigenvalue weighted by atomic mass is 10.2. The largest absolute Gasteiger partial charge is 0.397 e. The quantitative estimate of drug-likeness (QED) is 0.466. The minimum absolute atomic E-state index is 0.322. The Morgan fingerprint density at radius 1 is 1.14 bits per heavy atom. The van der Waals surface area contributed by atoms with Gasteiger partial charge in [0.2, 0.25) is 0 Å². The summed E-state index contributed by atoms with van der Waals surface area (Å²) in [7, 11) is 3.23. The molecule has 0 saturated heterocycles. The minimum Gasteiger partial charge on any atom is -0.397 e. The van der Waals surface area contributed by atoms with Gasteiger partial charge in [-0.05, 0) is 57.3 Å². The molecule has 0 radical (unpaired) electrons. The van der Waals surface area contributed by atoms with Crippen molar-refractivity contribution in [3.05, 3.63) is 24.8 Å². The molecular formula is C9H11I2NO2. The second-order valence-corrected chi connectivity index (χ2v) is 5.03. The predicted octanol–water partition coefficient (Wildman–Crippen LogP) is 2.77. The van der Waals surface area contributed by atoms with Crippen molar-refractivity contribution in [3.63, 3.8) is 0 Å². The molecule has 0 heterocycles. The molecule has 0 bridgehead atoms. The fourth-order valence-corrected chi connectivity index (χ4v) is 2.92. The summed E-state index contributed by atoms with van der Waals surface area (Å²) in [6.45, 7) is 0. The van der Waals surface area contributed by atoms with E-state index >= 15 is 0 Å². The molecule has 5 heteroatoms. The maximum Gasteiger partial charge on any atom is 0.183 e. The monoisotopic (exact) mass is 419 g/mol. The molecule has 3 nitrogen and oxygen atoms in total. The first-order chi connectivity index (χ1) is 6.60. The van der Waals surface area contributed by atoms with Gasteiger partial charge >= 0.3 is 0 Å². The van der Waals surface area contributed by atoms with Gasteiger partial charge in [-0.15, -0.1) is 0 Å². The number of hydrogen-bond acceptors (Lipinski definition) is 3. The summed E-state index contributed by atoms with van der Waals surface area (Å²) in [5, 5.41) is 0. The van der Waals surface area contributed by atoms with E-state index in [-0.39, 0.29) is 6.29 Å². The highest BCUT2D eigenvalue weighted by molar-refractivity contribution is 14.1. The second-order valence-electron chi connectivity index (χ2n) is 2.70. The van der Waals surface area contributed by atoms with E-state index in [1.54, 1.807) is 14.2 Å². The van der Waals surface area contributed by atoms with Crippen LogP contribution in [0.3, 0.4) is 0 Å². The first-order valence-electron chi connectivity index (χ1n) is 3.90. The Bertz CT molecular complexity index is 304. The van der Waals surface area contributed by atoms with E-state index in [1.165, 1.54) is 0 Å². The number of methoxy groups -OCH3 is 2. The van der Waals surface area contributed by atoms with E-state index in [0.29, 0.717) is 0 Å². The van der Waals surface area contributed by atoms with Crippen LogP contribution >= 0.6 is 45.2 Å². The lowest BCUT2D eigenvalue weighted by Gasteiger charge is -2.15. The van der Waals surface area contributed by atoms with Crippen LogP contribution in [0.25, 0.3) is 0 Å². The molecule has 0 atom stereocenters. The van der Waals surface area contributed by atoms with Gasteiger partial charge in [0.05, 0.1) is 5.69 Å². The van der Waals surface area contributed by atoms with Crippen LogP contribution in [0.1, 0.15) is 11.9 Å². The van der Waals surface area contributed by atoms with Crippen LogP contribution in [0.5, 0.6) is 0 Å². The maximum atomic E-state index is 5.84. The minimum atomic E-state index is -0.322. The molecule has 1 aromatic rings. The van der Waals surface area contributed by atoms with Crippen molar-refractivity contribution in [2.24, 2.45) is 0 Å². The zero-order valence-electron chi connectivity index (χ0n) is 7.88. The maximum absolute atomic E-state index is 5.84. The summed E-state index contributed by atoms with van der Waals surface area (Å²) >= 11 is 4.40. The average Bonchev–Trinajstić information content (AvgIpc) is 2.16. The SMILES string of the molecule is COC(OC)c1cc(I)c(N)c(I)c1. The van der Waals surface area contributed by atoms with Gasteiger partial charge in [-0.3, -0.25) is 0 Å². The van der Waals surface area contributed by atoms with Crippen LogP contribution in [0.4, 0.5) is 5.69 Å². The lowest BCUT2D eigenvalue weighted by molar-refractivity contribution is -0.106. The van der Waals surface area contributed by atoms with E-state index in [1.807, 2.05) is 12.1 Å². The lowest BCUT2D eigenvalue weighted by Crippen LogP contribution is -2.05. The topological polar surface area (TPSA) is 44.5 Å². The number of ether oxygens (including phenoxy) is 2. The van der Waals surface area contributed by atoms with Gasteiger partial charge in [0.25, 0.3) is 0 Å². The van der Waals surface area contributed by atoms with Crippen molar-refractivity contribution in [2.75, 3.05) is 20.0 Å². The standard InChI is InChI=1S/C9H11I2NO2/c1-13-9(14-2)5-3-6(10)8(12)7(11)4-5/h3-4,9H,12H2,1-2H3. The van der Waals surface area contributed by atoms with Crippen LogP contribution in [0.2, 0.25) is 0 Å². The highest BCUT2D eigenvalue weighted by Gasteiger charge is 2.12. The molecule has 0 spiro atoms. The third-order valence-corrected chi connectivity index (χ3v) is 3.59. The van der Waals surface area contributed by atoms with Gasteiger partial charge in [0.1, 0.15) is 0 Å². The fraction of sp³-hybridized carbons (Fsp3) is 0.333. The molecule has 78 valence electrons. The number of benzene rings is 1. The van der Waals surface area contributed by atoms with Crippen molar-refractivity contribution in [3.8, 4) is 0 Å². The zero-order chi connectivity index (χ0) is 10.7. The number of nitrogens with two attached hydrogens (primary N) is 1. The number of nitrogen functional groups attached to an aromatic ring is 1. The van der Waals surface area contributed by atoms with Gasteiger partial charge in [-0.2, -0.15) is 0 Å². The highest BCUT2D eigenvalue weighted by atomic mass is 127. The number of anilines is 1. The van der Waals surface area contributed by atoms with Crippen LogP contribution in [0, 0.1) is 7.14 Å². The summed E-state index contributed by atoms with van der Waals surface area (Å²) < 4.78 is 12.4. The van der Waals surface area contributed by atoms with Gasteiger partial charge in [0, 0.05) is 26.9 Å². The third-order valence-electron chi connectivity index (χ3n) is 1.80. The first kappa shape index (κ1) is 12.5. The van der Waals surface area contributed by atoms with E-state index in [0.717, 1.165) is 18.4 Å². The number of rotatable bonds is 3. The number of hydrogen-bond donors (Lipinski definition) is 1. The van der Waals surface area contributed by atoms with Gasteiger partial charge in [-0.25, -0.2) is 0 Å². The smallest absolute Gasteiger partial charge is 0.183 e. The van der Waals surface area contributed by atoms with Crippen molar-refractivity contribution in [2.45, 2.75) is 6.29 Å². The molecule has 2 N–H and O–H groups in total. The molecule has 0 saturated carbocycles. The predicted molar refractivity (Wildman–Crippen MR) is 73.0 cm³/mol. The summed E-state index contributed by atoms with van der Waals surface area (Å²) in [4.78, 5) is 0. The van der Waals surface area contributed by atoms with Crippen molar-refractivity contribution < 1.29 is 9.47 Å². The molecule has 14 heavy (non-hydrogen) atoms. The molecule has 0 amide bonds. The van der Waals surface area contributed by atoms with Crippen molar-refractivity contribution in [1.29, 1.82) is 0 Å². The Morgan fingerprint density at radius 2 is 1.57 bits per heavy atom. The van der Waals surface area contributed by atoms with E-state index < -0.39 is 0 Å². The van der Waals surface area contributed by atoms with Crippen molar-refractivity contribution in [1.82, 2.24) is 0 Å². The molecule has 0 fully saturated rings. The molecule has 1 rings (SSSR count). The fourth-order valence-electron chi connectivity index (χ4n) is 1.11. The molecular weight excluding hydrogens is 408 g/mol. The van der Waals surface area contributed by atoms with E-state index in [2.05, 4.69) is 45.2 Å². The zero-order valence-corrected chi connectivity index (χ0v) is 12.2.